The summed E-state index contributed by atoms with van der Waals surface area (Å²) in [6, 6.07) is 0. The standard InChI is InChI=1S/C8H19B2/c1-7(2)10(6)9-8(3,4)5/h7H,1-6H3. The van der Waals surface area contributed by atoms with Crippen LogP contribution in [0.2, 0.25) is 18.0 Å². The highest BCUT2D eigenvalue weighted by atomic mass is 14.0. The topological polar surface area (TPSA) is 0 Å². The van der Waals surface area contributed by atoms with Crippen LogP contribution in [0.5, 0.6) is 0 Å². The van der Waals surface area contributed by atoms with E-state index < -0.39 is 0 Å². The minimum absolute atomic E-state index is 0.379. The SMILES string of the molecule is CB([B]C(C)(C)C)C(C)C. The fraction of sp³-hybridized carbons (Fsp3) is 1.00. The molecule has 0 saturated carbocycles. The first kappa shape index (κ1) is 10.1. The molecule has 0 aromatic rings. The Labute approximate surface area is 67.1 Å². The molecule has 0 bridgehead atoms. The Bertz CT molecular complexity index is 91.9. The van der Waals surface area contributed by atoms with Gasteiger partial charge in [0.1, 0.15) is 6.60 Å². The van der Waals surface area contributed by atoms with Crippen LogP contribution in [-0.4, -0.2) is 13.8 Å². The van der Waals surface area contributed by atoms with E-state index >= 15 is 0 Å². The minimum atomic E-state index is 0.379. The molecule has 0 spiro atoms. The molecule has 0 aliphatic carbocycles. The highest BCUT2D eigenvalue weighted by molar-refractivity contribution is 7.13. The third-order valence-corrected chi connectivity index (χ3v) is 1.81. The van der Waals surface area contributed by atoms with Crippen molar-refractivity contribution in [1.82, 2.24) is 0 Å². The van der Waals surface area contributed by atoms with Gasteiger partial charge in [0.2, 0.25) is 0 Å². The van der Waals surface area contributed by atoms with Crippen LogP contribution in [0.25, 0.3) is 0 Å². The van der Waals surface area contributed by atoms with Gasteiger partial charge in [-0.2, -0.15) is 0 Å². The molecule has 0 atom stereocenters. The van der Waals surface area contributed by atoms with Crippen molar-refractivity contribution in [2.45, 2.75) is 52.6 Å². The predicted molar refractivity (Wildman–Crippen MR) is 52.2 cm³/mol. The van der Waals surface area contributed by atoms with Gasteiger partial charge in [-0.1, -0.05) is 52.6 Å². The van der Waals surface area contributed by atoms with Gasteiger partial charge in [-0.05, 0) is 0 Å². The Morgan fingerprint density at radius 1 is 1.20 bits per heavy atom. The number of hydrogen-bond acceptors (Lipinski definition) is 0. The Morgan fingerprint density at radius 2 is 1.60 bits per heavy atom. The molecule has 0 aromatic carbocycles. The van der Waals surface area contributed by atoms with E-state index in [1.807, 2.05) is 0 Å². The molecule has 0 rings (SSSR count). The van der Waals surface area contributed by atoms with Crippen LogP contribution >= 0.6 is 0 Å². The Kier molecular flexibility index (Phi) is 3.55. The Hall–Kier alpha value is 0.130. The van der Waals surface area contributed by atoms with E-state index in [1.165, 1.54) is 0 Å². The summed E-state index contributed by atoms with van der Waals surface area (Å²) in [4.78, 5) is 0. The van der Waals surface area contributed by atoms with Gasteiger partial charge >= 0.3 is 0 Å². The third-order valence-electron chi connectivity index (χ3n) is 1.81. The molecule has 0 amide bonds. The monoisotopic (exact) mass is 137 g/mol. The van der Waals surface area contributed by atoms with Crippen LogP contribution in [0.15, 0.2) is 0 Å². The molecule has 0 unspecified atom stereocenters. The van der Waals surface area contributed by atoms with Crippen molar-refractivity contribution < 1.29 is 0 Å². The molecule has 0 nitrogen and oxygen atoms in total. The van der Waals surface area contributed by atoms with E-state index in [4.69, 9.17) is 0 Å². The number of hydrogen-bond donors (Lipinski definition) is 0. The number of rotatable bonds is 2. The zero-order valence-corrected chi connectivity index (χ0v) is 8.23. The van der Waals surface area contributed by atoms with Crippen LogP contribution in [0.4, 0.5) is 0 Å². The van der Waals surface area contributed by atoms with Crippen LogP contribution in [0.3, 0.4) is 0 Å². The van der Waals surface area contributed by atoms with E-state index in [-0.39, 0.29) is 0 Å². The van der Waals surface area contributed by atoms with Crippen molar-refractivity contribution >= 4 is 13.8 Å². The Balaban J connectivity index is 3.68. The highest BCUT2D eigenvalue weighted by Crippen LogP contribution is 2.23. The maximum absolute atomic E-state index is 2.43. The molecule has 0 N–H and O–H groups in total. The molecule has 0 fully saturated rings. The summed E-state index contributed by atoms with van der Waals surface area (Å²) in [5.74, 6) is 0.777. The summed E-state index contributed by atoms with van der Waals surface area (Å²) in [7, 11) is 2.43. The van der Waals surface area contributed by atoms with Crippen molar-refractivity contribution in [3.8, 4) is 0 Å². The van der Waals surface area contributed by atoms with E-state index in [2.05, 4.69) is 48.6 Å². The van der Waals surface area contributed by atoms with E-state index in [1.54, 1.807) is 0 Å². The second-order valence-electron chi connectivity index (χ2n) is 4.64. The lowest BCUT2D eigenvalue weighted by molar-refractivity contribution is 0.760. The van der Waals surface area contributed by atoms with Gasteiger partial charge < -0.3 is 0 Å². The maximum atomic E-state index is 2.43. The first-order valence-corrected chi connectivity index (χ1v) is 4.19. The summed E-state index contributed by atoms with van der Waals surface area (Å²) in [6.45, 7) is 14.3. The largest absolute Gasteiger partial charge is 0.101 e. The summed E-state index contributed by atoms with van der Waals surface area (Å²) >= 11 is 0. The first-order valence-electron chi connectivity index (χ1n) is 4.19. The van der Waals surface area contributed by atoms with Gasteiger partial charge in [-0.3, -0.25) is 0 Å². The van der Waals surface area contributed by atoms with Crippen molar-refractivity contribution in [3.63, 3.8) is 0 Å². The van der Waals surface area contributed by atoms with Gasteiger partial charge in [0, 0.05) is 0 Å². The quantitative estimate of drug-likeness (QED) is 0.513. The maximum Gasteiger partial charge on any atom is 0.101 e. The summed E-state index contributed by atoms with van der Waals surface area (Å²) in [5.41, 5.74) is 0. The van der Waals surface area contributed by atoms with Crippen LogP contribution in [0, 0.1) is 0 Å². The average molecular weight is 137 g/mol. The van der Waals surface area contributed by atoms with Crippen molar-refractivity contribution in [2.75, 3.05) is 0 Å². The van der Waals surface area contributed by atoms with Gasteiger partial charge in [0.25, 0.3) is 0 Å². The minimum Gasteiger partial charge on any atom is -0.0923 e. The molecule has 0 aromatic heterocycles. The summed E-state index contributed by atoms with van der Waals surface area (Å²) < 4.78 is 0. The predicted octanol–water partition coefficient (Wildman–Crippen LogP) is 2.94. The zero-order valence-electron chi connectivity index (χ0n) is 8.23. The molecule has 1 radical (unpaired) electrons. The smallest absolute Gasteiger partial charge is 0.0923 e. The van der Waals surface area contributed by atoms with Crippen molar-refractivity contribution in [2.24, 2.45) is 0 Å². The van der Waals surface area contributed by atoms with Crippen molar-refractivity contribution in [3.05, 3.63) is 0 Å². The van der Waals surface area contributed by atoms with Crippen LogP contribution in [-0.2, 0) is 0 Å². The first-order chi connectivity index (χ1) is 4.33. The van der Waals surface area contributed by atoms with E-state index in [0.717, 1.165) is 12.4 Å². The summed E-state index contributed by atoms with van der Waals surface area (Å²) in [5, 5.41) is 0.379. The fourth-order valence-electron chi connectivity index (χ4n) is 0.981. The molecule has 0 saturated heterocycles. The van der Waals surface area contributed by atoms with Gasteiger partial charge in [-0.15, -0.1) is 0 Å². The molecule has 0 aliphatic rings. The second-order valence-corrected chi connectivity index (χ2v) is 4.64. The molecule has 57 valence electrons. The van der Waals surface area contributed by atoms with Crippen molar-refractivity contribution in [1.29, 1.82) is 0 Å². The molecular formula is C8H19B2. The molecular weight excluding hydrogens is 118 g/mol. The zero-order chi connectivity index (χ0) is 8.36. The average Bonchev–Trinajstić information content (AvgIpc) is 1.60. The summed E-state index contributed by atoms with van der Waals surface area (Å²) in [6.07, 6.45) is 0. The molecule has 2 heteroatoms. The lowest BCUT2D eigenvalue weighted by Gasteiger charge is -2.22. The van der Waals surface area contributed by atoms with Gasteiger partial charge in [-0.25, -0.2) is 0 Å². The molecule has 0 aliphatic heterocycles. The Morgan fingerprint density at radius 3 is 1.70 bits per heavy atom. The molecule has 0 heterocycles. The van der Waals surface area contributed by atoms with E-state index in [0.29, 0.717) is 5.31 Å². The normalized spacial score (nSPS) is 11.9. The van der Waals surface area contributed by atoms with Crippen LogP contribution in [0.1, 0.15) is 34.6 Å². The lowest BCUT2D eigenvalue weighted by Crippen LogP contribution is -2.28. The molecule has 10 heavy (non-hydrogen) atoms. The van der Waals surface area contributed by atoms with Gasteiger partial charge in [0.15, 0.2) is 0 Å². The van der Waals surface area contributed by atoms with Gasteiger partial charge in [0.05, 0.1) is 7.17 Å². The second kappa shape index (κ2) is 3.50. The van der Waals surface area contributed by atoms with E-state index in [9.17, 15) is 0 Å². The third kappa shape index (κ3) is 4.96. The highest BCUT2D eigenvalue weighted by Gasteiger charge is 2.20. The lowest BCUT2D eigenvalue weighted by atomic mass is 9.13. The fourth-order valence-corrected chi connectivity index (χ4v) is 0.981. The van der Waals surface area contributed by atoms with Crippen LogP contribution < -0.4 is 0 Å².